The standard InChI is InChI=1S/C14H16N4O/c1-17-9-11(8-16-17)14(19)18-6-2-3-10-4-5-12(15)7-13(10)18/h4-5,7-9H,2-3,6,15H2,1H3. The molecule has 0 atom stereocenters. The number of anilines is 2. The number of benzene rings is 1. The van der Waals surface area contributed by atoms with Crippen LogP contribution in [0.2, 0.25) is 0 Å². The number of carbonyl (C=O) groups is 1. The van der Waals surface area contributed by atoms with Crippen LogP contribution in [0, 0.1) is 0 Å². The largest absolute Gasteiger partial charge is 0.399 e. The van der Waals surface area contributed by atoms with Gasteiger partial charge in [0, 0.05) is 31.2 Å². The molecule has 1 aliphatic heterocycles. The number of rotatable bonds is 1. The summed E-state index contributed by atoms with van der Waals surface area (Å²) < 4.78 is 1.64. The van der Waals surface area contributed by atoms with Crippen LogP contribution in [0.1, 0.15) is 22.3 Å². The van der Waals surface area contributed by atoms with Gasteiger partial charge >= 0.3 is 0 Å². The Bertz CT molecular complexity index is 632. The summed E-state index contributed by atoms with van der Waals surface area (Å²) in [5.74, 6) is -0.0142. The van der Waals surface area contributed by atoms with E-state index in [1.54, 1.807) is 29.0 Å². The second-order valence-electron chi connectivity index (χ2n) is 4.85. The molecule has 0 bridgehead atoms. The Labute approximate surface area is 111 Å². The van der Waals surface area contributed by atoms with Crippen LogP contribution in [0.25, 0.3) is 0 Å². The number of nitrogen functional groups attached to an aromatic ring is 1. The molecule has 1 aromatic heterocycles. The summed E-state index contributed by atoms with van der Waals surface area (Å²) in [5.41, 5.74) is 9.24. The molecule has 0 saturated heterocycles. The Morgan fingerprint density at radius 1 is 1.42 bits per heavy atom. The van der Waals surface area contributed by atoms with Crippen molar-refractivity contribution >= 4 is 17.3 Å². The summed E-state index contributed by atoms with van der Waals surface area (Å²) in [6, 6.07) is 5.77. The van der Waals surface area contributed by atoms with Gasteiger partial charge in [-0.1, -0.05) is 6.07 Å². The third-order valence-electron chi connectivity index (χ3n) is 3.42. The quantitative estimate of drug-likeness (QED) is 0.788. The minimum Gasteiger partial charge on any atom is -0.399 e. The third kappa shape index (κ3) is 2.07. The highest BCUT2D eigenvalue weighted by Gasteiger charge is 2.24. The van der Waals surface area contributed by atoms with Crippen molar-refractivity contribution in [2.24, 2.45) is 7.05 Å². The number of hydrogen-bond donors (Lipinski definition) is 1. The molecule has 5 heteroatoms. The number of hydrogen-bond acceptors (Lipinski definition) is 3. The Kier molecular flexibility index (Phi) is 2.74. The van der Waals surface area contributed by atoms with E-state index in [1.807, 2.05) is 18.2 Å². The highest BCUT2D eigenvalue weighted by Crippen LogP contribution is 2.30. The van der Waals surface area contributed by atoms with E-state index < -0.39 is 0 Å². The second kappa shape index (κ2) is 4.42. The summed E-state index contributed by atoms with van der Waals surface area (Å²) >= 11 is 0. The van der Waals surface area contributed by atoms with Crippen LogP contribution >= 0.6 is 0 Å². The highest BCUT2D eigenvalue weighted by atomic mass is 16.2. The van der Waals surface area contributed by atoms with Crippen molar-refractivity contribution < 1.29 is 4.79 Å². The molecule has 1 amide bonds. The molecule has 19 heavy (non-hydrogen) atoms. The van der Waals surface area contributed by atoms with Crippen LogP contribution in [0.3, 0.4) is 0 Å². The molecule has 2 heterocycles. The van der Waals surface area contributed by atoms with Gasteiger partial charge in [-0.15, -0.1) is 0 Å². The lowest BCUT2D eigenvalue weighted by molar-refractivity contribution is 0.0985. The first-order valence-electron chi connectivity index (χ1n) is 6.34. The number of aromatic nitrogens is 2. The van der Waals surface area contributed by atoms with E-state index in [1.165, 1.54) is 5.56 Å². The molecule has 98 valence electrons. The molecule has 0 radical (unpaired) electrons. The van der Waals surface area contributed by atoms with Crippen molar-refractivity contribution in [2.45, 2.75) is 12.8 Å². The van der Waals surface area contributed by atoms with Gasteiger partial charge in [0.05, 0.1) is 11.8 Å². The van der Waals surface area contributed by atoms with Gasteiger partial charge in [-0.2, -0.15) is 5.10 Å². The maximum atomic E-state index is 12.5. The van der Waals surface area contributed by atoms with E-state index in [2.05, 4.69) is 5.10 Å². The minimum atomic E-state index is -0.0142. The summed E-state index contributed by atoms with van der Waals surface area (Å²) in [6.07, 6.45) is 5.31. The van der Waals surface area contributed by atoms with Crippen LogP contribution in [0.4, 0.5) is 11.4 Å². The molecular weight excluding hydrogens is 240 g/mol. The van der Waals surface area contributed by atoms with Gasteiger partial charge in [0.15, 0.2) is 0 Å². The van der Waals surface area contributed by atoms with Gasteiger partial charge < -0.3 is 10.6 Å². The molecule has 5 nitrogen and oxygen atoms in total. The summed E-state index contributed by atoms with van der Waals surface area (Å²) in [5, 5.41) is 4.05. The third-order valence-corrected chi connectivity index (χ3v) is 3.42. The Morgan fingerprint density at radius 2 is 2.26 bits per heavy atom. The maximum Gasteiger partial charge on any atom is 0.261 e. The molecule has 1 aromatic carbocycles. The molecule has 0 aliphatic carbocycles. The number of amides is 1. The van der Waals surface area contributed by atoms with Crippen molar-refractivity contribution in [1.29, 1.82) is 0 Å². The van der Waals surface area contributed by atoms with Crippen LogP contribution in [0.15, 0.2) is 30.6 Å². The first-order chi connectivity index (χ1) is 9.15. The Hall–Kier alpha value is -2.30. The predicted octanol–water partition coefficient (Wildman–Crippen LogP) is 1.60. The van der Waals surface area contributed by atoms with E-state index in [9.17, 15) is 4.79 Å². The number of aryl methyl sites for hydroxylation is 2. The zero-order valence-electron chi connectivity index (χ0n) is 10.8. The minimum absolute atomic E-state index is 0.0142. The first kappa shape index (κ1) is 11.8. The molecule has 3 rings (SSSR count). The van der Waals surface area contributed by atoms with E-state index >= 15 is 0 Å². The molecular formula is C14H16N4O. The fourth-order valence-corrected chi connectivity index (χ4v) is 2.49. The van der Waals surface area contributed by atoms with E-state index in [0.717, 1.165) is 25.1 Å². The molecule has 2 aromatic rings. The number of nitrogens with two attached hydrogens (primary N) is 1. The normalized spacial score (nSPS) is 14.3. The van der Waals surface area contributed by atoms with Gasteiger partial charge in [0.25, 0.3) is 5.91 Å². The van der Waals surface area contributed by atoms with Gasteiger partial charge in [-0.25, -0.2) is 0 Å². The zero-order chi connectivity index (χ0) is 13.4. The Morgan fingerprint density at radius 3 is 3.00 bits per heavy atom. The van der Waals surface area contributed by atoms with Gasteiger partial charge in [-0.05, 0) is 30.5 Å². The molecule has 0 unspecified atom stereocenters. The summed E-state index contributed by atoms with van der Waals surface area (Å²) in [7, 11) is 1.80. The fraction of sp³-hybridized carbons (Fsp3) is 0.286. The van der Waals surface area contributed by atoms with Crippen molar-refractivity contribution in [3.8, 4) is 0 Å². The number of carbonyl (C=O) groups excluding carboxylic acids is 1. The molecule has 0 spiro atoms. The molecule has 0 fully saturated rings. The molecule has 0 saturated carbocycles. The summed E-state index contributed by atoms with van der Waals surface area (Å²) in [6.45, 7) is 0.726. The second-order valence-corrected chi connectivity index (χ2v) is 4.85. The van der Waals surface area contributed by atoms with Crippen LogP contribution in [-0.2, 0) is 13.5 Å². The lowest BCUT2D eigenvalue weighted by atomic mass is 10.0. The highest BCUT2D eigenvalue weighted by molar-refractivity contribution is 6.06. The average Bonchev–Trinajstić information content (AvgIpc) is 2.84. The topological polar surface area (TPSA) is 64.2 Å². The van der Waals surface area contributed by atoms with Crippen LogP contribution in [-0.4, -0.2) is 22.2 Å². The predicted molar refractivity (Wildman–Crippen MR) is 74.1 cm³/mol. The van der Waals surface area contributed by atoms with E-state index in [-0.39, 0.29) is 5.91 Å². The van der Waals surface area contributed by atoms with Gasteiger partial charge in [-0.3, -0.25) is 9.48 Å². The average molecular weight is 256 g/mol. The van der Waals surface area contributed by atoms with Crippen LogP contribution in [0.5, 0.6) is 0 Å². The number of fused-ring (bicyclic) bond motifs is 1. The zero-order valence-corrected chi connectivity index (χ0v) is 10.8. The summed E-state index contributed by atoms with van der Waals surface area (Å²) in [4.78, 5) is 14.3. The first-order valence-corrected chi connectivity index (χ1v) is 6.34. The SMILES string of the molecule is Cn1cc(C(=O)N2CCCc3ccc(N)cc32)cn1. The van der Waals surface area contributed by atoms with Crippen molar-refractivity contribution in [2.75, 3.05) is 17.2 Å². The van der Waals surface area contributed by atoms with Crippen molar-refractivity contribution in [3.05, 3.63) is 41.7 Å². The lowest BCUT2D eigenvalue weighted by Gasteiger charge is -2.29. The lowest BCUT2D eigenvalue weighted by Crippen LogP contribution is -2.35. The smallest absolute Gasteiger partial charge is 0.261 e. The molecule has 1 aliphatic rings. The van der Waals surface area contributed by atoms with Gasteiger partial charge in [0.2, 0.25) is 0 Å². The van der Waals surface area contributed by atoms with Crippen molar-refractivity contribution in [3.63, 3.8) is 0 Å². The molecule has 2 N–H and O–H groups in total. The number of nitrogens with zero attached hydrogens (tertiary/aromatic N) is 3. The fourth-order valence-electron chi connectivity index (χ4n) is 2.49. The van der Waals surface area contributed by atoms with E-state index in [4.69, 9.17) is 5.73 Å². The monoisotopic (exact) mass is 256 g/mol. The maximum absolute atomic E-state index is 12.5. The van der Waals surface area contributed by atoms with Crippen molar-refractivity contribution in [1.82, 2.24) is 9.78 Å². The Balaban J connectivity index is 1.99. The van der Waals surface area contributed by atoms with Crippen LogP contribution < -0.4 is 10.6 Å². The van der Waals surface area contributed by atoms with E-state index in [0.29, 0.717) is 11.3 Å². The van der Waals surface area contributed by atoms with Gasteiger partial charge in [0.1, 0.15) is 0 Å².